The number of nitrogens with zero attached hydrogens (tertiary/aromatic N) is 1. The number of carbonyl (C=O) groups excluding carboxylic acids is 1. The van der Waals surface area contributed by atoms with Crippen LogP contribution in [-0.2, 0) is 0 Å². The summed E-state index contributed by atoms with van der Waals surface area (Å²) in [6.45, 7) is 2.44. The zero-order valence-electron chi connectivity index (χ0n) is 11.1. The van der Waals surface area contributed by atoms with E-state index in [1.54, 1.807) is 35.2 Å². The summed E-state index contributed by atoms with van der Waals surface area (Å²) in [5.74, 6) is -0.870. The van der Waals surface area contributed by atoms with Crippen molar-refractivity contribution in [3.05, 3.63) is 53.8 Å². The third kappa shape index (κ3) is 2.56. The van der Waals surface area contributed by atoms with E-state index in [2.05, 4.69) is 0 Å². The molecule has 0 radical (unpaired) electrons. The van der Waals surface area contributed by atoms with Crippen molar-refractivity contribution in [1.29, 1.82) is 0 Å². The van der Waals surface area contributed by atoms with Crippen LogP contribution in [0.2, 0.25) is 0 Å². The molecule has 0 unspecified atom stereocenters. The van der Waals surface area contributed by atoms with E-state index in [-0.39, 0.29) is 5.82 Å². The Labute approximate surface area is 116 Å². The summed E-state index contributed by atoms with van der Waals surface area (Å²) in [7, 11) is 0. The van der Waals surface area contributed by atoms with Crippen LogP contribution in [0.15, 0.2) is 42.5 Å². The monoisotopic (exact) mass is 273 g/mol. The molecule has 0 fully saturated rings. The van der Waals surface area contributed by atoms with Crippen LogP contribution >= 0.6 is 0 Å². The van der Waals surface area contributed by atoms with Gasteiger partial charge in [0.15, 0.2) is 0 Å². The van der Waals surface area contributed by atoms with Gasteiger partial charge in [-0.2, -0.15) is 0 Å². The van der Waals surface area contributed by atoms with Gasteiger partial charge in [-0.05, 0) is 37.3 Å². The highest BCUT2D eigenvalue weighted by atomic mass is 19.1. The molecule has 0 bridgehead atoms. The molecular weight excluding hydrogens is 257 g/mol. The van der Waals surface area contributed by atoms with Gasteiger partial charge in [-0.1, -0.05) is 12.1 Å². The average molecular weight is 273 g/mol. The lowest BCUT2D eigenvalue weighted by Gasteiger charge is -2.25. The highest BCUT2D eigenvalue weighted by molar-refractivity contribution is 5.95. The van der Waals surface area contributed by atoms with Crippen LogP contribution in [0.4, 0.5) is 21.5 Å². The lowest BCUT2D eigenvalue weighted by molar-refractivity contribution is 0.100. The molecule has 0 saturated heterocycles. The van der Waals surface area contributed by atoms with Crippen LogP contribution < -0.4 is 16.4 Å². The standard InChI is InChI=1S/C15H16FN3O/c1-2-19(13-6-4-3-5-11(13)16)14-8-7-10(15(18)20)9-12(14)17/h3-9H,2,17H2,1H3,(H2,18,20). The minimum Gasteiger partial charge on any atom is -0.397 e. The van der Waals surface area contributed by atoms with Crippen molar-refractivity contribution in [3.63, 3.8) is 0 Å². The number of anilines is 3. The first kappa shape index (κ1) is 13.9. The SMILES string of the molecule is CCN(c1ccc(C(N)=O)cc1N)c1ccccc1F. The number of amides is 1. The number of hydrogen-bond donors (Lipinski definition) is 2. The zero-order chi connectivity index (χ0) is 14.7. The van der Waals surface area contributed by atoms with Crippen molar-refractivity contribution in [1.82, 2.24) is 0 Å². The molecule has 5 heteroatoms. The molecule has 0 spiro atoms. The molecule has 4 N–H and O–H groups in total. The van der Waals surface area contributed by atoms with Crippen molar-refractivity contribution < 1.29 is 9.18 Å². The molecular formula is C15H16FN3O. The first-order valence-corrected chi connectivity index (χ1v) is 6.26. The molecule has 20 heavy (non-hydrogen) atoms. The molecule has 0 aliphatic heterocycles. The lowest BCUT2D eigenvalue weighted by Crippen LogP contribution is -2.19. The van der Waals surface area contributed by atoms with Gasteiger partial charge in [0.1, 0.15) is 5.82 Å². The Morgan fingerprint density at radius 3 is 2.45 bits per heavy atom. The molecule has 2 aromatic carbocycles. The predicted molar refractivity (Wildman–Crippen MR) is 78.5 cm³/mol. The number of halogens is 1. The maximum atomic E-state index is 13.9. The maximum Gasteiger partial charge on any atom is 0.248 e. The third-order valence-electron chi connectivity index (χ3n) is 3.06. The highest BCUT2D eigenvalue weighted by Gasteiger charge is 2.15. The third-order valence-corrected chi connectivity index (χ3v) is 3.06. The van der Waals surface area contributed by atoms with Crippen molar-refractivity contribution in [2.24, 2.45) is 5.73 Å². The van der Waals surface area contributed by atoms with E-state index < -0.39 is 5.91 Å². The van der Waals surface area contributed by atoms with Gasteiger partial charge in [-0.15, -0.1) is 0 Å². The normalized spacial score (nSPS) is 10.3. The number of primary amides is 1. The van der Waals surface area contributed by atoms with Gasteiger partial charge in [-0.25, -0.2) is 4.39 Å². The van der Waals surface area contributed by atoms with E-state index in [1.165, 1.54) is 12.1 Å². The summed E-state index contributed by atoms with van der Waals surface area (Å²) >= 11 is 0. The van der Waals surface area contributed by atoms with Gasteiger partial charge < -0.3 is 16.4 Å². The fraction of sp³-hybridized carbons (Fsp3) is 0.133. The Kier molecular flexibility index (Phi) is 3.89. The average Bonchev–Trinajstić information content (AvgIpc) is 2.43. The summed E-state index contributed by atoms with van der Waals surface area (Å²) in [5, 5.41) is 0. The molecule has 104 valence electrons. The molecule has 1 amide bonds. The fourth-order valence-corrected chi connectivity index (χ4v) is 2.09. The van der Waals surface area contributed by atoms with Gasteiger partial charge in [0, 0.05) is 12.1 Å². The van der Waals surface area contributed by atoms with E-state index in [0.29, 0.717) is 29.2 Å². The van der Waals surface area contributed by atoms with E-state index in [0.717, 1.165) is 0 Å². The summed E-state index contributed by atoms with van der Waals surface area (Å²) in [5.41, 5.74) is 12.9. The van der Waals surface area contributed by atoms with E-state index in [9.17, 15) is 9.18 Å². The van der Waals surface area contributed by atoms with Crippen LogP contribution in [0.25, 0.3) is 0 Å². The molecule has 4 nitrogen and oxygen atoms in total. The lowest BCUT2D eigenvalue weighted by atomic mass is 10.1. The van der Waals surface area contributed by atoms with Crippen molar-refractivity contribution in [2.75, 3.05) is 17.2 Å². The van der Waals surface area contributed by atoms with Crippen LogP contribution in [0, 0.1) is 5.82 Å². The number of nitrogen functional groups attached to an aromatic ring is 1. The number of nitrogens with two attached hydrogens (primary N) is 2. The predicted octanol–water partition coefficient (Wildman–Crippen LogP) is 2.66. The van der Waals surface area contributed by atoms with Gasteiger partial charge in [0.05, 0.1) is 17.1 Å². The maximum absolute atomic E-state index is 13.9. The minimum atomic E-state index is -0.544. The Balaban J connectivity index is 2.48. The van der Waals surface area contributed by atoms with Crippen LogP contribution in [0.5, 0.6) is 0 Å². The zero-order valence-corrected chi connectivity index (χ0v) is 11.1. The van der Waals surface area contributed by atoms with E-state index in [4.69, 9.17) is 11.5 Å². The molecule has 0 atom stereocenters. The van der Waals surface area contributed by atoms with Crippen molar-refractivity contribution >= 4 is 23.0 Å². The van der Waals surface area contributed by atoms with Crippen molar-refractivity contribution in [3.8, 4) is 0 Å². The Morgan fingerprint density at radius 1 is 1.20 bits per heavy atom. The second-order valence-electron chi connectivity index (χ2n) is 4.33. The molecule has 0 saturated carbocycles. The summed E-state index contributed by atoms with van der Waals surface area (Å²) in [4.78, 5) is 12.9. The summed E-state index contributed by atoms with van der Waals surface area (Å²) < 4.78 is 13.9. The molecule has 0 aliphatic carbocycles. The van der Waals surface area contributed by atoms with Gasteiger partial charge in [-0.3, -0.25) is 4.79 Å². The summed E-state index contributed by atoms with van der Waals surface area (Å²) in [6.07, 6.45) is 0. The number of para-hydroxylation sites is 1. The fourth-order valence-electron chi connectivity index (χ4n) is 2.09. The molecule has 0 aromatic heterocycles. The van der Waals surface area contributed by atoms with Gasteiger partial charge in [0.2, 0.25) is 5.91 Å². The van der Waals surface area contributed by atoms with Gasteiger partial charge >= 0.3 is 0 Å². The molecule has 0 heterocycles. The minimum absolute atomic E-state index is 0.326. The van der Waals surface area contributed by atoms with Crippen LogP contribution in [0.3, 0.4) is 0 Å². The Morgan fingerprint density at radius 2 is 1.90 bits per heavy atom. The Bertz CT molecular complexity index is 643. The first-order valence-electron chi connectivity index (χ1n) is 6.26. The van der Waals surface area contributed by atoms with Crippen LogP contribution in [0.1, 0.15) is 17.3 Å². The van der Waals surface area contributed by atoms with E-state index >= 15 is 0 Å². The molecule has 0 aliphatic rings. The topological polar surface area (TPSA) is 72.3 Å². The number of carbonyl (C=O) groups is 1. The first-order chi connectivity index (χ1) is 9.54. The molecule has 2 aromatic rings. The largest absolute Gasteiger partial charge is 0.397 e. The quantitative estimate of drug-likeness (QED) is 0.841. The number of rotatable bonds is 4. The van der Waals surface area contributed by atoms with Gasteiger partial charge in [0.25, 0.3) is 0 Å². The van der Waals surface area contributed by atoms with Crippen LogP contribution in [-0.4, -0.2) is 12.5 Å². The van der Waals surface area contributed by atoms with E-state index in [1.807, 2.05) is 6.92 Å². The second-order valence-corrected chi connectivity index (χ2v) is 4.33. The second kappa shape index (κ2) is 5.61. The number of benzene rings is 2. The smallest absolute Gasteiger partial charge is 0.248 e. The summed E-state index contributed by atoms with van der Waals surface area (Å²) in [6, 6.07) is 11.2. The highest BCUT2D eigenvalue weighted by Crippen LogP contribution is 2.32. The van der Waals surface area contributed by atoms with Crippen molar-refractivity contribution in [2.45, 2.75) is 6.92 Å². The number of hydrogen-bond acceptors (Lipinski definition) is 3. The molecule has 2 rings (SSSR count). The Hall–Kier alpha value is -2.56.